The van der Waals surface area contributed by atoms with Gasteiger partial charge in [-0.3, -0.25) is 10.1 Å². The molecule has 1 aliphatic carbocycles. The molecule has 1 aliphatic rings. The van der Waals surface area contributed by atoms with E-state index in [1.807, 2.05) is 0 Å². The standard InChI is InChI=1S/C8H7Cl2NO2/c1-5-6(8(9)10)3-2-4-7(5)11(12)13/h2-5H,1H3. The van der Waals surface area contributed by atoms with Crippen molar-refractivity contribution in [2.24, 2.45) is 5.92 Å². The van der Waals surface area contributed by atoms with E-state index >= 15 is 0 Å². The van der Waals surface area contributed by atoms with Gasteiger partial charge in [-0.1, -0.05) is 35.4 Å². The zero-order valence-corrected chi connectivity index (χ0v) is 8.34. The van der Waals surface area contributed by atoms with Gasteiger partial charge in [-0.25, -0.2) is 0 Å². The molecule has 0 heterocycles. The van der Waals surface area contributed by atoms with E-state index < -0.39 is 4.92 Å². The predicted molar refractivity (Wildman–Crippen MR) is 52.1 cm³/mol. The molecule has 1 atom stereocenters. The molecule has 0 bridgehead atoms. The number of hydrogen-bond acceptors (Lipinski definition) is 2. The molecular weight excluding hydrogens is 213 g/mol. The highest BCUT2D eigenvalue weighted by molar-refractivity contribution is 6.56. The zero-order chi connectivity index (χ0) is 10.0. The van der Waals surface area contributed by atoms with Gasteiger partial charge in [0.05, 0.1) is 10.8 Å². The summed E-state index contributed by atoms with van der Waals surface area (Å²) in [5.41, 5.74) is 0.689. The van der Waals surface area contributed by atoms with Crippen molar-refractivity contribution in [3.63, 3.8) is 0 Å². The molecule has 0 fully saturated rings. The van der Waals surface area contributed by atoms with Gasteiger partial charge in [-0.05, 0) is 12.5 Å². The van der Waals surface area contributed by atoms with Crippen LogP contribution in [0.4, 0.5) is 0 Å². The van der Waals surface area contributed by atoms with Crippen LogP contribution in [0.3, 0.4) is 0 Å². The first kappa shape index (κ1) is 10.3. The molecular formula is C8H7Cl2NO2. The maximum absolute atomic E-state index is 10.5. The van der Waals surface area contributed by atoms with Crippen LogP contribution in [0.5, 0.6) is 0 Å². The number of allylic oxidation sites excluding steroid dienone is 4. The lowest BCUT2D eigenvalue weighted by atomic mass is 9.95. The minimum Gasteiger partial charge on any atom is -0.259 e. The number of rotatable bonds is 1. The van der Waals surface area contributed by atoms with Crippen LogP contribution in [0.25, 0.3) is 0 Å². The quantitative estimate of drug-likeness (QED) is 0.503. The van der Waals surface area contributed by atoms with Crippen molar-refractivity contribution in [3.05, 3.63) is 44.1 Å². The van der Waals surface area contributed by atoms with Crippen molar-refractivity contribution >= 4 is 23.2 Å². The topological polar surface area (TPSA) is 43.1 Å². The van der Waals surface area contributed by atoms with E-state index in [9.17, 15) is 10.1 Å². The van der Waals surface area contributed by atoms with Crippen molar-refractivity contribution in [2.45, 2.75) is 6.92 Å². The normalized spacial score (nSPS) is 21.3. The molecule has 0 saturated heterocycles. The molecule has 3 nitrogen and oxygen atoms in total. The van der Waals surface area contributed by atoms with Crippen LogP contribution in [0, 0.1) is 16.0 Å². The van der Waals surface area contributed by atoms with Crippen LogP contribution < -0.4 is 0 Å². The average Bonchev–Trinajstić information content (AvgIpc) is 2.03. The van der Waals surface area contributed by atoms with Crippen molar-refractivity contribution < 1.29 is 4.92 Å². The fourth-order valence-electron chi connectivity index (χ4n) is 1.14. The van der Waals surface area contributed by atoms with Gasteiger partial charge in [-0.2, -0.15) is 0 Å². The summed E-state index contributed by atoms with van der Waals surface area (Å²) in [7, 11) is 0. The molecule has 1 unspecified atom stereocenters. The Bertz CT molecular complexity index is 327. The summed E-state index contributed by atoms with van der Waals surface area (Å²) >= 11 is 11.1. The second-order valence-corrected chi connectivity index (χ2v) is 3.59. The fraction of sp³-hybridized carbons (Fsp3) is 0.250. The Kier molecular flexibility index (Phi) is 3.12. The summed E-state index contributed by atoms with van der Waals surface area (Å²) in [6.07, 6.45) is 4.69. The third kappa shape index (κ3) is 2.11. The Morgan fingerprint density at radius 1 is 1.62 bits per heavy atom. The molecule has 0 aromatic rings. The van der Waals surface area contributed by atoms with Gasteiger partial charge in [-0.15, -0.1) is 0 Å². The van der Waals surface area contributed by atoms with Crippen molar-refractivity contribution in [1.29, 1.82) is 0 Å². The van der Waals surface area contributed by atoms with Crippen LogP contribution >= 0.6 is 23.2 Å². The monoisotopic (exact) mass is 219 g/mol. The smallest absolute Gasteiger partial charge is 0.253 e. The Labute approximate surface area is 85.5 Å². The Balaban J connectivity index is 3.07. The Morgan fingerprint density at radius 2 is 2.23 bits per heavy atom. The first-order valence-corrected chi connectivity index (χ1v) is 4.37. The van der Waals surface area contributed by atoms with Gasteiger partial charge in [0.1, 0.15) is 4.49 Å². The van der Waals surface area contributed by atoms with Gasteiger partial charge < -0.3 is 0 Å². The van der Waals surface area contributed by atoms with Gasteiger partial charge in [0.2, 0.25) is 0 Å². The maximum Gasteiger partial charge on any atom is 0.253 e. The van der Waals surface area contributed by atoms with E-state index in [4.69, 9.17) is 23.2 Å². The first-order chi connectivity index (χ1) is 6.04. The van der Waals surface area contributed by atoms with Crippen LogP contribution in [0.2, 0.25) is 0 Å². The molecule has 0 aromatic heterocycles. The number of nitrogens with zero attached hydrogens (tertiary/aromatic N) is 1. The molecule has 0 saturated carbocycles. The summed E-state index contributed by atoms with van der Waals surface area (Å²) in [6, 6.07) is 0. The lowest BCUT2D eigenvalue weighted by molar-refractivity contribution is -0.432. The Morgan fingerprint density at radius 3 is 2.69 bits per heavy atom. The zero-order valence-electron chi connectivity index (χ0n) is 6.83. The summed E-state index contributed by atoms with van der Waals surface area (Å²) in [4.78, 5) is 10.1. The molecule has 0 N–H and O–H groups in total. The molecule has 0 aromatic carbocycles. The number of halogens is 2. The third-order valence-corrected chi connectivity index (χ3v) is 2.32. The van der Waals surface area contributed by atoms with E-state index in [1.165, 1.54) is 6.08 Å². The number of hydrogen-bond donors (Lipinski definition) is 0. The molecule has 13 heavy (non-hydrogen) atoms. The molecule has 0 aliphatic heterocycles. The minimum atomic E-state index is -0.426. The summed E-state index contributed by atoms with van der Waals surface area (Å²) in [6.45, 7) is 1.69. The van der Waals surface area contributed by atoms with E-state index in [-0.39, 0.29) is 16.1 Å². The van der Waals surface area contributed by atoms with Crippen LogP contribution in [-0.2, 0) is 0 Å². The highest BCUT2D eigenvalue weighted by atomic mass is 35.5. The van der Waals surface area contributed by atoms with Crippen LogP contribution in [-0.4, -0.2) is 4.92 Å². The van der Waals surface area contributed by atoms with Crippen molar-refractivity contribution in [2.75, 3.05) is 0 Å². The predicted octanol–water partition coefficient (Wildman–Crippen LogP) is 3.04. The lowest BCUT2D eigenvalue weighted by Crippen LogP contribution is -2.12. The lowest BCUT2D eigenvalue weighted by Gasteiger charge is -2.13. The van der Waals surface area contributed by atoms with Gasteiger partial charge in [0, 0.05) is 6.08 Å². The number of nitro groups is 1. The molecule has 0 amide bonds. The second kappa shape index (κ2) is 3.94. The fourth-order valence-corrected chi connectivity index (χ4v) is 1.60. The SMILES string of the molecule is CC1C([N+](=O)[O-])=CC=CC1=C(Cl)Cl. The average molecular weight is 220 g/mol. The van der Waals surface area contributed by atoms with Crippen LogP contribution in [0.1, 0.15) is 6.92 Å². The van der Waals surface area contributed by atoms with Gasteiger partial charge in [0.25, 0.3) is 5.70 Å². The van der Waals surface area contributed by atoms with Gasteiger partial charge >= 0.3 is 0 Å². The van der Waals surface area contributed by atoms with E-state index in [0.717, 1.165) is 0 Å². The highest BCUT2D eigenvalue weighted by Crippen LogP contribution is 2.30. The van der Waals surface area contributed by atoms with E-state index in [1.54, 1.807) is 19.1 Å². The first-order valence-electron chi connectivity index (χ1n) is 3.62. The largest absolute Gasteiger partial charge is 0.259 e. The molecule has 0 spiro atoms. The molecule has 0 radical (unpaired) electrons. The summed E-state index contributed by atoms with van der Waals surface area (Å²) in [5, 5.41) is 10.5. The molecule has 5 heteroatoms. The van der Waals surface area contributed by atoms with Crippen LogP contribution in [0.15, 0.2) is 34.0 Å². The Hall–Kier alpha value is -0.800. The van der Waals surface area contributed by atoms with E-state index in [0.29, 0.717) is 5.57 Å². The van der Waals surface area contributed by atoms with Crippen molar-refractivity contribution in [3.8, 4) is 0 Å². The second-order valence-electron chi connectivity index (χ2n) is 2.65. The molecule has 1 rings (SSSR count). The summed E-state index contributed by atoms with van der Waals surface area (Å²) in [5.74, 6) is -0.356. The highest BCUT2D eigenvalue weighted by Gasteiger charge is 2.25. The van der Waals surface area contributed by atoms with Crippen molar-refractivity contribution in [1.82, 2.24) is 0 Å². The minimum absolute atomic E-state index is 0.0798. The summed E-state index contributed by atoms with van der Waals surface area (Å²) < 4.78 is 0.0798. The third-order valence-electron chi connectivity index (χ3n) is 1.88. The molecule has 70 valence electrons. The van der Waals surface area contributed by atoms with E-state index in [2.05, 4.69) is 0 Å². The maximum atomic E-state index is 10.5. The van der Waals surface area contributed by atoms with Gasteiger partial charge in [0.15, 0.2) is 0 Å².